The summed E-state index contributed by atoms with van der Waals surface area (Å²) >= 11 is 0. The van der Waals surface area contributed by atoms with Crippen molar-refractivity contribution in [1.82, 2.24) is 9.88 Å². The van der Waals surface area contributed by atoms with Crippen LogP contribution in [0.5, 0.6) is 0 Å². The third-order valence-electron chi connectivity index (χ3n) is 5.27. The van der Waals surface area contributed by atoms with Crippen LogP contribution >= 0.6 is 0 Å². The van der Waals surface area contributed by atoms with Crippen molar-refractivity contribution in [2.45, 2.75) is 26.4 Å². The maximum atomic E-state index is 13.5. The van der Waals surface area contributed by atoms with Gasteiger partial charge in [-0.15, -0.1) is 0 Å². The van der Waals surface area contributed by atoms with Crippen molar-refractivity contribution in [3.63, 3.8) is 0 Å². The summed E-state index contributed by atoms with van der Waals surface area (Å²) in [5, 5.41) is 2.83. The minimum absolute atomic E-state index is 0.0205. The van der Waals surface area contributed by atoms with Gasteiger partial charge in [0.2, 0.25) is 0 Å². The smallest absolute Gasteiger partial charge is 0.257 e. The summed E-state index contributed by atoms with van der Waals surface area (Å²) in [6.45, 7) is 3.68. The van der Waals surface area contributed by atoms with E-state index in [1.54, 1.807) is 36.5 Å². The Morgan fingerprint density at radius 2 is 1.83 bits per heavy atom. The number of hydrogen-bond donors (Lipinski definition) is 1. The Kier molecular flexibility index (Phi) is 5.68. The maximum absolute atomic E-state index is 13.5. The highest BCUT2D eigenvalue weighted by Gasteiger charge is 2.17. The molecule has 0 saturated carbocycles. The Morgan fingerprint density at radius 3 is 2.60 bits per heavy atom. The number of rotatable bonds is 5. The molecule has 0 bridgehead atoms. The lowest BCUT2D eigenvalue weighted by Crippen LogP contribution is -2.30. The van der Waals surface area contributed by atoms with Gasteiger partial charge >= 0.3 is 0 Å². The molecule has 152 valence electrons. The first-order valence-electron chi connectivity index (χ1n) is 9.84. The number of anilines is 1. The van der Waals surface area contributed by atoms with Crippen LogP contribution in [0.2, 0.25) is 0 Å². The predicted molar refractivity (Wildman–Crippen MR) is 113 cm³/mol. The van der Waals surface area contributed by atoms with Gasteiger partial charge in [-0.05, 0) is 72.5 Å². The molecule has 1 aliphatic heterocycles. The zero-order valence-corrected chi connectivity index (χ0v) is 16.7. The summed E-state index contributed by atoms with van der Waals surface area (Å²) in [6, 6.07) is 13.6. The largest absolute Gasteiger partial charge is 0.322 e. The van der Waals surface area contributed by atoms with Crippen molar-refractivity contribution < 1.29 is 14.0 Å². The summed E-state index contributed by atoms with van der Waals surface area (Å²) in [5.41, 5.74) is 4.80. The van der Waals surface area contributed by atoms with E-state index in [4.69, 9.17) is 0 Å². The second-order valence-corrected chi connectivity index (χ2v) is 7.54. The van der Waals surface area contributed by atoms with Crippen molar-refractivity contribution in [2.75, 3.05) is 11.9 Å². The molecule has 30 heavy (non-hydrogen) atoms. The number of Topliss-reactive ketones (excluding diaryl/α,β-unsaturated/α-hetero) is 1. The molecule has 1 amide bonds. The van der Waals surface area contributed by atoms with E-state index in [0.29, 0.717) is 29.9 Å². The molecule has 0 spiro atoms. The minimum Gasteiger partial charge on any atom is -0.322 e. The van der Waals surface area contributed by atoms with Crippen LogP contribution in [0.25, 0.3) is 0 Å². The molecule has 0 unspecified atom stereocenters. The van der Waals surface area contributed by atoms with Crippen LogP contribution in [0.3, 0.4) is 0 Å². The molecule has 0 fully saturated rings. The van der Waals surface area contributed by atoms with Crippen LogP contribution in [0.1, 0.15) is 44.3 Å². The van der Waals surface area contributed by atoms with E-state index >= 15 is 0 Å². The molecule has 0 radical (unpaired) electrons. The van der Waals surface area contributed by atoms with E-state index in [0.717, 1.165) is 24.1 Å². The Hall–Kier alpha value is -3.38. The second-order valence-electron chi connectivity index (χ2n) is 7.54. The van der Waals surface area contributed by atoms with Gasteiger partial charge in [0, 0.05) is 43.3 Å². The fourth-order valence-electron chi connectivity index (χ4n) is 3.67. The van der Waals surface area contributed by atoms with Crippen LogP contribution in [0.4, 0.5) is 10.1 Å². The van der Waals surface area contributed by atoms with Crippen LogP contribution in [-0.2, 0) is 19.5 Å². The lowest BCUT2D eigenvalue weighted by atomic mass is 9.99. The predicted octanol–water partition coefficient (Wildman–Crippen LogP) is 4.23. The number of hydrogen-bond acceptors (Lipinski definition) is 4. The number of aromatic nitrogens is 1. The maximum Gasteiger partial charge on any atom is 0.257 e. The fraction of sp³-hybridized carbons (Fsp3) is 0.208. The summed E-state index contributed by atoms with van der Waals surface area (Å²) < 4.78 is 13.5. The summed E-state index contributed by atoms with van der Waals surface area (Å²) in [5.74, 6) is -0.494. The molecule has 4 rings (SSSR count). The molecule has 5 nitrogen and oxygen atoms in total. The van der Waals surface area contributed by atoms with Gasteiger partial charge < -0.3 is 5.32 Å². The Balaban J connectivity index is 1.42. The molecule has 6 heteroatoms. The highest BCUT2D eigenvalue weighted by molar-refractivity contribution is 6.04. The first-order chi connectivity index (χ1) is 14.5. The van der Waals surface area contributed by atoms with Gasteiger partial charge in [-0.1, -0.05) is 6.07 Å². The van der Waals surface area contributed by atoms with Gasteiger partial charge in [0.1, 0.15) is 5.82 Å². The lowest BCUT2D eigenvalue weighted by molar-refractivity contribution is 0.101. The average molecular weight is 403 g/mol. The Bertz CT molecular complexity index is 1100. The standard InChI is InChI=1S/C24H22FN3O2/c1-16(29)18-3-6-23(7-4-18)27-24(30)20-10-17(12-26-13-20)14-28-9-8-19-2-5-22(25)11-21(19)15-28/h2-7,10-13H,8-9,14-15H2,1H3,(H,27,30). The van der Waals surface area contributed by atoms with Crippen LogP contribution in [0, 0.1) is 5.82 Å². The Morgan fingerprint density at radius 1 is 1.03 bits per heavy atom. The zero-order valence-electron chi connectivity index (χ0n) is 16.7. The van der Waals surface area contributed by atoms with E-state index in [2.05, 4.69) is 15.2 Å². The number of pyridine rings is 1. The van der Waals surface area contributed by atoms with Crippen molar-refractivity contribution in [3.05, 3.63) is 94.6 Å². The molecule has 3 aromatic rings. The third kappa shape index (κ3) is 4.60. The fourth-order valence-corrected chi connectivity index (χ4v) is 3.67. The minimum atomic E-state index is -0.258. The van der Waals surface area contributed by atoms with E-state index < -0.39 is 0 Å². The van der Waals surface area contributed by atoms with E-state index in [1.165, 1.54) is 24.8 Å². The van der Waals surface area contributed by atoms with Gasteiger partial charge in [0.25, 0.3) is 5.91 Å². The average Bonchev–Trinajstić information content (AvgIpc) is 2.74. The summed E-state index contributed by atoms with van der Waals surface area (Å²) in [7, 11) is 0. The molecular weight excluding hydrogens is 381 g/mol. The normalized spacial score (nSPS) is 13.5. The first kappa shape index (κ1) is 19.9. The van der Waals surface area contributed by atoms with Crippen molar-refractivity contribution in [3.8, 4) is 0 Å². The third-order valence-corrected chi connectivity index (χ3v) is 5.27. The van der Waals surface area contributed by atoms with Gasteiger partial charge in [0.15, 0.2) is 5.78 Å². The van der Waals surface area contributed by atoms with Gasteiger partial charge in [-0.2, -0.15) is 0 Å². The summed E-state index contributed by atoms with van der Waals surface area (Å²) in [4.78, 5) is 30.4. The van der Waals surface area contributed by atoms with Gasteiger partial charge in [0.05, 0.1) is 5.56 Å². The molecule has 1 aromatic heterocycles. The quantitative estimate of drug-likeness (QED) is 0.648. The number of carbonyl (C=O) groups is 2. The van der Waals surface area contributed by atoms with E-state index in [1.807, 2.05) is 12.1 Å². The number of fused-ring (bicyclic) bond motifs is 1. The van der Waals surface area contributed by atoms with Gasteiger partial charge in [-0.3, -0.25) is 19.5 Å². The Labute approximate surface area is 174 Å². The molecular formula is C24H22FN3O2. The number of carbonyl (C=O) groups excluding carboxylic acids is 2. The molecule has 2 aromatic carbocycles. The van der Waals surface area contributed by atoms with Crippen LogP contribution < -0.4 is 5.32 Å². The van der Waals surface area contributed by atoms with Crippen molar-refractivity contribution in [2.24, 2.45) is 0 Å². The van der Waals surface area contributed by atoms with Crippen LogP contribution in [0.15, 0.2) is 60.9 Å². The van der Waals surface area contributed by atoms with Crippen LogP contribution in [-0.4, -0.2) is 28.1 Å². The number of nitrogens with zero attached hydrogens (tertiary/aromatic N) is 2. The monoisotopic (exact) mass is 403 g/mol. The SMILES string of the molecule is CC(=O)c1ccc(NC(=O)c2cncc(CN3CCc4ccc(F)cc4C3)c2)cc1. The molecule has 0 atom stereocenters. The highest BCUT2D eigenvalue weighted by Crippen LogP contribution is 2.22. The molecule has 0 saturated heterocycles. The second kappa shape index (κ2) is 8.55. The number of benzene rings is 2. The lowest BCUT2D eigenvalue weighted by Gasteiger charge is -2.28. The highest BCUT2D eigenvalue weighted by atomic mass is 19.1. The summed E-state index contributed by atoms with van der Waals surface area (Å²) in [6.07, 6.45) is 4.16. The first-order valence-corrected chi connectivity index (χ1v) is 9.84. The van der Waals surface area contributed by atoms with Crippen molar-refractivity contribution >= 4 is 17.4 Å². The molecule has 2 heterocycles. The topological polar surface area (TPSA) is 62.3 Å². The zero-order chi connectivity index (χ0) is 21.1. The number of ketones is 1. The molecule has 0 aliphatic carbocycles. The number of amides is 1. The van der Waals surface area contributed by atoms with Gasteiger partial charge in [-0.25, -0.2) is 4.39 Å². The van der Waals surface area contributed by atoms with E-state index in [-0.39, 0.29) is 17.5 Å². The molecule has 1 N–H and O–H groups in total. The van der Waals surface area contributed by atoms with Crippen molar-refractivity contribution in [1.29, 1.82) is 0 Å². The van der Waals surface area contributed by atoms with E-state index in [9.17, 15) is 14.0 Å². The number of nitrogens with one attached hydrogen (secondary N) is 1. The number of halogens is 1. The molecule has 1 aliphatic rings.